The molecule has 4 rings (SSSR count). The Bertz CT molecular complexity index is 733. The second-order valence-electron chi connectivity index (χ2n) is 7.13. The Morgan fingerprint density at radius 3 is 2.68 bits per heavy atom. The summed E-state index contributed by atoms with van der Waals surface area (Å²) in [5.41, 5.74) is 1.84. The number of aryl methyl sites for hydroxylation is 1. The largest absolute Gasteiger partial charge is 0.357 e. The molecule has 2 saturated heterocycles. The van der Waals surface area contributed by atoms with Crippen molar-refractivity contribution in [1.29, 1.82) is 0 Å². The van der Waals surface area contributed by atoms with Gasteiger partial charge in [0.15, 0.2) is 0 Å². The Morgan fingerprint density at radius 2 is 2.00 bits per heavy atom. The van der Waals surface area contributed by atoms with Crippen LogP contribution in [0.2, 0.25) is 0 Å². The van der Waals surface area contributed by atoms with E-state index in [2.05, 4.69) is 15.0 Å². The third kappa shape index (κ3) is 3.38. The summed E-state index contributed by atoms with van der Waals surface area (Å²) in [4.78, 5) is 21.7. The number of carbonyl (C=O) groups excluding carboxylic acids is 1. The zero-order valence-electron chi connectivity index (χ0n) is 14.8. The van der Waals surface area contributed by atoms with Crippen molar-refractivity contribution in [2.45, 2.75) is 45.2 Å². The van der Waals surface area contributed by atoms with Crippen molar-refractivity contribution < 1.29 is 4.79 Å². The molecular formula is C19H25N5O. The first-order chi connectivity index (χ1) is 12.2. The number of aromatic nitrogens is 3. The molecule has 1 unspecified atom stereocenters. The lowest BCUT2D eigenvalue weighted by molar-refractivity contribution is 0.0721. The average molecular weight is 339 g/mol. The number of rotatable bonds is 4. The number of hydrogen-bond acceptors (Lipinski definition) is 4. The molecule has 25 heavy (non-hydrogen) atoms. The maximum absolute atomic E-state index is 12.9. The third-order valence-electron chi connectivity index (χ3n) is 5.22. The highest BCUT2D eigenvalue weighted by Crippen LogP contribution is 2.23. The van der Waals surface area contributed by atoms with Crippen molar-refractivity contribution in [3.63, 3.8) is 0 Å². The molecule has 2 fully saturated rings. The van der Waals surface area contributed by atoms with E-state index in [4.69, 9.17) is 0 Å². The Kier molecular flexibility index (Phi) is 4.42. The van der Waals surface area contributed by atoms with Crippen molar-refractivity contribution in [2.24, 2.45) is 0 Å². The van der Waals surface area contributed by atoms with Crippen molar-refractivity contribution >= 4 is 11.7 Å². The Labute approximate surface area is 148 Å². The molecular weight excluding hydrogens is 314 g/mol. The standard InChI is InChI=1S/C19H25N5O/c1-15-11-21-23(13-15)14-17-5-4-10-24(17)19(25)16-6-7-18(20-12-16)22-8-2-3-9-22/h6-7,11-13,17H,2-5,8-10,14H2,1H3. The molecule has 0 aliphatic carbocycles. The molecule has 2 aromatic rings. The second kappa shape index (κ2) is 6.86. The summed E-state index contributed by atoms with van der Waals surface area (Å²) in [6.07, 6.45) is 10.2. The van der Waals surface area contributed by atoms with E-state index >= 15 is 0 Å². The summed E-state index contributed by atoms with van der Waals surface area (Å²) in [5.74, 6) is 1.07. The lowest BCUT2D eigenvalue weighted by Gasteiger charge is -2.25. The van der Waals surface area contributed by atoms with E-state index in [9.17, 15) is 4.79 Å². The topological polar surface area (TPSA) is 54.3 Å². The first-order valence-electron chi connectivity index (χ1n) is 9.22. The van der Waals surface area contributed by atoms with Gasteiger partial charge in [0.05, 0.1) is 24.3 Å². The minimum atomic E-state index is 0.0897. The first-order valence-corrected chi connectivity index (χ1v) is 9.22. The summed E-state index contributed by atoms with van der Waals surface area (Å²) in [6, 6.07) is 4.13. The number of amides is 1. The zero-order valence-corrected chi connectivity index (χ0v) is 14.8. The molecule has 1 amide bonds. The van der Waals surface area contributed by atoms with Gasteiger partial charge in [-0.1, -0.05) is 0 Å². The SMILES string of the molecule is Cc1cnn(CC2CCCN2C(=O)c2ccc(N3CCCC3)nc2)c1. The quantitative estimate of drug-likeness (QED) is 0.859. The van der Waals surface area contributed by atoms with Gasteiger partial charge >= 0.3 is 0 Å². The van der Waals surface area contributed by atoms with E-state index in [0.29, 0.717) is 5.56 Å². The molecule has 6 heteroatoms. The van der Waals surface area contributed by atoms with Crippen LogP contribution in [0.4, 0.5) is 5.82 Å². The fraction of sp³-hybridized carbons (Fsp3) is 0.526. The molecule has 0 radical (unpaired) electrons. The highest BCUT2D eigenvalue weighted by atomic mass is 16.2. The summed E-state index contributed by atoms with van der Waals surface area (Å²) in [5, 5.41) is 4.36. The number of hydrogen-bond donors (Lipinski definition) is 0. The number of carbonyl (C=O) groups is 1. The van der Waals surface area contributed by atoms with Crippen molar-refractivity contribution in [3.8, 4) is 0 Å². The summed E-state index contributed by atoms with van der Waals surface area (Å²) >= 11 is 0. The predicted octanol–water partition coefficient (Wildman–Crippen LogP) is 2.49. The Morgan fingerprint density at radius 1 is 1.16 bits per heavy atom. The fourth-order valence-electron chi connectivity index (χ4n) is 3.89. The number of anilines is 1. The molecule has 0 spiro atoms. The van der Waals surface area contributed by atoms with Crippen LogP contribution in [0.5, 0.6) is 0 Å². The minimum Gasteiger partial charge on any atom is -0.357 e. The smallest absolute Gasteiger partial charge is 0.255 e. The highest BCUT2D eigenvalue weighted by Gasteiger charge is 2.30. The van der Waals surface area contributed by atoms with Gasteiger partial charge in [-0.25, -0.2) is 4.98 Å². The molecule has 4 heterocycles. The lowest BCUT2D eigenvalue weighted by Crippen LogP contribution is -2.38. The number of pyridine rings is 1. The van der Waals surface area contributed by atoms with E-state index in [0.717, 1.165) is 50.4 Å². The molecule has 0 N–H and O–H groups in total. The van der Waals surface area contributed by atoms with Crippen molar-refractivity contribution in [3.05, 3.63) is 41.9 Å². The lowest BCUT2D eigenvalue weighted by atomic mass is 10.2. The molecule has 6 nitrogen and oxygen atoms in total. The molecule has 0 bridgehead atoms. The first kappa shape index (κ1) is 16.1. The van der Waals surface area contributed by atoms with Crippen LogP contribution in [-0.2, 0) is 6.54 Å². The second-order valence-corrected chi connectivity index (χ2v) is 7.13. The normalized spacial score (nSPS) is 20.4. The fourth-order valence-corrected chi connectivity index (χ4v) is 3.89. The van der Waals surface area contributed by atoms with Gasteiger partial charge in [-0.2, -0.15) is 5.10 Å². The summed E-state index contributed by atoms with van der Waals surface area (Å²) < 4.78 is 1.94. The van der Waals surface area contributed by atoms with Gasteiger partial charge in [0.1, 0.15) is 5.82 Å². The van der Waals surface area contributed by atoms with E-state index in [1.54, 1.807) is 6.20 Å². The predicted molar refractivity (Wildman–Crippen MR) is 96.7 cm³/mol. The Balaban J connectivity index is 1.45. The maximum atomic E-state index is 12.9. The summed E-state index contributed by atoms with van der Waals surface area (Å²) in [6.45, 7) is 5.75. The monoisotopic (exact) mass is 339 g/mol. The molecule has 2 aliphatic heterocycles. The third-order valence-corrected chi connectivity index (χ3v) is 5.22. The van der Waals surface area contributed by atoms with Gasteiger partial charge in [0.25, 0.3) is 5.91 Å². The van der Waals surface area contributed by atoms with Gasteiger partial charge in [-0.3, -0.25) is 9.48 Å². The van der Waals surface area contributed by atoms with Crippen LogP contribution in [0.25, 0.3) is 0 Å². The average Bonchev–Trinajstić information content (AvgIpc) is 3.37. The molecule has 0 aromatic carbocycles. The number of likely N-dealkylation sites (tertiary alicyclic amines) is 1. The van der Waals surface area contributed by atoms with E-state index < -0.39 is 0 Å². The van der Waals surface area contributed by atoms with Crippen LogP contribution >= 0.6 is 0 Å². The van der Waals surface area contributed by atoms with Crippen LogP contribution in [-0.4, -0.2) is 51.2 Å². The van der Waals surface area contributed by atoms with Gasteiger partial charge in [-0.15, -0.1) is 0 Å². The molecule has 1 atom stereocenters. The van der Waals surface area contributed by atoms with Crippen molar-refractivity contribution in [1.82, 2.24) is 19.7 Å². The van der Waals surface area contributed by atoms with Crippen LogP contribution in [0.3, 0.4) is 0 Å². The summed E-state index contributed by atoms with van der Waals surface area (Å²) in [7, 11) is 0. The molecule has 2 aliphatic rings. The molecule has 132 valence electrons. The minimum absolute atomic E-state index is 0.0897. The Hall–Kier alpha value is -2.37. The highest BCUT2D eigenvalue weighted by molar-refractivity contribution is 5.94. The van der Waals surface area contributed by atoms with Crippen LogP contribution in [0.1, 0.15) is 41.6 Å². The van der Waals surface area contributed by atoms with Gasteiger partial charge < -0.3 is 9.80 Å². The van der Waals surface area contributed by atoms with Crippen molar-refractivity contribution in [2.75, 3.05) is 24.5 Å². The van der Waals surface area contributed by atoms with E-state index in [1.165, 1.54) is 12.8 Å². The van der Waals surface area contributed by atoms with Crippen LogP contribution < -0.4 is 4.90 Å². The number of nitrogens with zero attached hydrogens (tertiary/aromatic N) is 5. The van der Waals surface area contributed by atoms with Crippen LogP contribution in [0.15, 0.2) is 30.7 Å². The van der Waals surface area contributed by atoms with Gasteiger partial charge in [0.2, 0.25) is 0 Å². The van der Waals surface area contributed by atoms with Gasteiger partial charge in [0, 0.05) is 32.0 Å². The molecule has 0 saturated carbocycles. The van der Waals surface area contributed by atoms with E-state index in [1.807, 2.05) is 41.0 Å². The molecule has 2 aromatic heterocycles. The van der Waals surface area contributed by atoms with Crippen LogP contribution in [0, 0.1) is 6.92 Å². The van der Waals surface area contributed by atoms with Gasteiger partial charge in [-0.05, 0) is 50.3 Å². The van der Waals surface area contributed by atoms with E-state index in [-0.39, 0.29) is 11.9 Å². The zero-order chi connectivity index (χ0) is 17.2. The maximum Gasteiger partial charge on any atom is 0.255 e.